The minimum absolute atomic E-state index is 0.00477. The number of carbonyl (C=O) groups excluding carboxylic acids is 1. The van der Waals surface area contributed by atoms with Crippen LogP contribution in [0.3, 0.4) is 0 Å². The second kappa shape index (κ2) is 10.5. The van der Waals surface area contributed by atoms with Gasteiger partial charge in [-0.25, -0.2) is 4.39 Å². The van der Waals surface area contributed by atoms with Crippen molar-refractivity contribution in [2.45, 2.75) is 52.4 Å². The van der Waals surface area contributed by atoms with Gasteiger partial charge in [0.05, 0.1) is 12.7 Å². The highest BCUT2D eigenvalue weighted by Crippen LogP contribution is 2.39. The summed E-state index contributed by atoms with van der Waals surface area (Å²) in [5, 5.41) is 0. The Kier molecular flexibility index (Phi) is 8.47. The van der Waals surface area contributed by atoms with Gasteiger partial charge in [-0.2, -0.15) is 0 Å². The summed E-state index contributed by atoms with van der Waals surface area (Å²) in [6.07, 6.45) is 3.15. The molecule has 4 nitrogen and oxygen atoms in total. The van der Waals surface area contributed by atoms with Gasteiger partial charge < -0.3 is 14.4 Å². The number of likely N-dealkylation sites (N-methyl/N-ethyl adjacent to an activating group) is 1. The maximum atomic E-state index is 14.4. The highest BCUT2D eigenvalue weighted by atomic mass is 19.1. The number of benzene rings is 2. The summed E-state index contributed by atoms with van der Waals surface area (Å²) in [6, 6.07) is 8.51. The first-order valence-corrected chi connectivity index (χ1v) is 11.3. The van der Waals surface area contributed by atoms with Crippen LogP contribution in [0, 0.1) is 5.82 Å². The minimum atomic E-state index is -0.606. The van der Waals surface area contributed by atoms with Crippen LogP contribution in [0.15, 0.2) is 36.4 Å². The molecule has 0 bridgehead atoms. The predicted molar refractivity (Wildman–Crippen MR) is 134 cm³/mol. The molecule has 0 aliphatic carbocycles. The smallest absolute Gasteiger partial charge is 0.188 e. The van der Waals surface area contributed by atoms with Crippen LogP contribution in [-0.4, -0.2) is 45.0 Å². The Balaban J connectivity index is 2.56. The Morgan fingerprint density at radius 3 is 2.21 bits per heavy atom. The van der Waals surface area contributed by atoms with Crippen LogP contribution in [0.4, 0.5) is 4.39 Å². The topological polar surface area (TPSA) is 38.8 Å². The molecule has 0 fully saturated rings. The van der Waals surface area contributed by atoms with E-state index in [9.17, 15) is 9.18 Å². The Morgan fingerprint density at radius 1 is 1.03 bits per heavy atom. The molecule has 0 radical (unpaired) electrons. The molecule has 0 heterocycles. The standard InChI is InChI=1S/C28H38FNO3/c1-27(2,3)20-16-19(10-13-25(31)22-12-11-21(32-9)18-24(22)29)26(33-15-14-30(7)8)23(17-20)28(4,5)6/h10-13,16-18H,14-15H2,1-9H3. The van der Waals surface area contributed by atoms with Gasteiger partial charge in [0, 0.05) is 23.7 Å². The van der Waals surface area contributed by atoms with Crippen molar-refractivity contribution in [3.63, 3.8) is 0 Å². The molecule has 0 amide bonds. The maximum absolute atomic E-state index is 14.4. The molecule has 2 rings (SSSR count). The molecule has 180 valence electrons. The fourth-order valence-corrected chi connectivity index (χ4v) is 3.33. The van der Waals surface area contributed by atoms with E-state index in [0.717, 1.165) is 29.0 Å². The van der Waals surface area contributed by atoms with Crippen LogP contribution in [-0.2, 0) is 10.8 Å². The van der Waals surface area contributed by atoms with E-state index >= 15 is 0 Å². The number of halogens is 1. The number of ketones is 1. The summed E-state index contributed by atoms with van der Waals surface area (Å²) in [6.45, 7) is 14.2. The van der Waals surface area contributed by atoms with Crippen LogP contribution >= 0.6 is 0 Å². The van der Waals surface area contributed by atoms with Crippen LogP contribution in [0.25, 0.3) is 6.08 Å². The average Bonchev–Trinajstić information content (AvgIpc) is 2.70. The number of hydrogen-bond acceptors (Lipinski definition) is 4. The Bertz CT molecular complexity index is 1010. The number of methoxy groups -OCH3 is 1. The first-order chi connectivity index (χ1) is 15.2. The molecule has 0 saturated carbocycles. The van der Waals surface area contributed by atoms with Crippen molar-refractivity contribution < 1.29 is 18.7 Å². The van der Waals surface area contributed by atoms with E-state index in [1.807, 2.05) is 14.1 Å². The number of allylic oxidation sites excluding steroid dienone is 1. The zero-order valence-corrected chi connectivity index (χ0v) is 21.5. The summed E-state index contributed by atoms with van der Waals surface area (Å²) in [5.41, 5.74) is 2.80. The Hall–Kier alpha value is -2.66. The van der Waals surface area contributed by atoms with Crippen molar-refractivity contribution in [3.05, 3.63) is 64.5 Å². The molecule has 2 aromatic carbocycles. The van der Waals surface area contributed by atoms with E-state index in [4.69, 9.17) is 9.47 Å². The van der Waals surface area contributed by atoms with Crippen molar-refractivity contribution in [3.8, 4) is 11.5 Å². The molecular weight excluding hydrogens is 417 g/mol. The van der Waals surface area contributed by atoms with Crippen LogP contribution < -0.4 is 9.47 Å². The second-order valence-electron chi connectivity index (χ2n) is 10.6. The number of ether oxygens (including phenoxy) is 2. The van der Waals surface area contributed by atoms with Crippen molar-refractivity contribution in [1.82, 2.24) is 4.90 Å². The molecule has 0 saturated heterocycles. The molecule has 0 N–H and O–H groups in total. The zero-order valence-electron chi connectivity index (χ0n) is 21.5. The van der Waals surface area contributed by atoms with Crippen LogP contribution in [0.2, 0.25) is 0 Å². The molecule has 0 unspecified atom stereocenters. The highest BCUT2D eigenvalue weighted by Gasteiger charge is 2.25. The maximum Gasteiger partial charge on any atom is 0.188 e. The highest BCUT2D eigenvalue weighted by molar-refractivity contribution is 6.07. The van der Waals surface area contributed by atoms with Crippen molar-refractivity contribution in [2.75, 3.05) is 34.4 Å². The molecule has 0 aliphatic rings. The van der Waals surface area contributed by atoms with Gasteiger partial charge in [0.1, 0.15) is 23.9 Å². The van der Waals surface area contributed by atoms with E-state index in [1.54, 1.807) is 12.1 Å². The number of rotatable bonds is 8. The molecule has 0 aliphatic heterocycles. The SMILES string of the molecule is COc1ccc(C(=O)C=Cc2cc(C(C)(C)C)cc(C(C)(C)C)c2OCCN(C)C)c(F)c1. The molecule has 0 atom stereocenters. The molecular formula is C28H38FNO3. The first kappa shape index (κ1) is 26.6. The molecule has 33 heavy (non-hydrogen) atoms. The average molecular weight is 456 g/mol. The van der Waals surface area contributed by atoms with Crippen molar-refractivity contribution >= 4 is 11.9 Å². The number of nitrogens with zero attached hydrogens (tertiary/aromatic N) is 1. The number of hydrogen-bond donors (Lipinski definition) is 0. The van der Waals surface area contributed by atoms with Crippen molar-refractivity contribution in [1.29, 1.82) is 0 Å². The summed E-state index contributed by atoms with van der Waals surface area (Å²) >= 11 is 0. The largest absolute Gasteiger partial charge is 0.497 e. The fourth-order valence-electron chi connectivity index (χ4n) is 3.33. The third-order valence-electron chi connectivity index (χ3n) is 5.43. The van der Waals surface area contributed by atoms with Gasteiger partial charge in [0.2, 0.25) is 0 Å². The monoisotopic (exact) mass is 455 g/mol. The van der Waals surface area contributed by atoms with Crippen LogP contribution in [0.1, 0.15) is 68.6 Å². The van der Waals surface area contributed by atoms with Gasteiger partial charge in [-0.05, 0) is 60.8 Å². The summed E-state index contributed by atoms with van der Waals surface area (Å²) in [5.74, 6) is 0.118. The Labute approximate surface area is 198 Å². The Morgan fingerprint density at radius 2 is 1.70 bits per heavy atom. The van der Waals surface area contributed by atoms with E-state index in [1.165, 1.54) is 25.3 Å². The van der Waals surface area contributed by atoms with Gasteiger partial charge in [-0.15, -0.1) is 0 Å². The van der Waals surface area contributed by atoms with Gasteiger partial charge in [-0.1, -0.05) is 47.6 Å². The lowest BCUT2D eigenvalue weighted by Crippen LogP contribution is -2.22. The molecule has 0 aromatic heterocycles. The summed E-state index contributed by atoms with van der Waals surface area (Å²) < 4.78 is 25.7. The summed E-state index contributed by atoms with van der Waals surface area (Å²) in [7, 11) is 5.46. The zero-order chi connectivity index (χ0) is 25.0. The quantitative estimate of drug-likeness (QED) is 0.348. The summed E-state index contributed by atoms with van der Waals surface area (Å²) in [4.78, 5) is 14.9. The number of carbonyl (C=O) groups is 1. The van der Waals surface area contributed by atoms with E-state index < -0.39 is 11.6 Å². The van der Waals surface area contributed by atoms with E-state index in [-0.39, 0.29) is 16.4 Å². The first-order valence-electron chi connectivity index (χ1n) is 11.3. The van der Waals surface area contributed by atoms with Gasteiger partial charge in [0.25, 0.3) is 0 Å². The normalized spacial score (nSPS) is 12.5. The molecule has 0 spiro atoms. The third-order valence-corrected chi connectivity index (χ3v) is 5.43. The lowest BCUT2D eigenvalue weighted by molar-refractivity contribution is 0.104. The fraction of sp³-hybridized carbons (Fsp3) is 0.464. The van der Waals surface area contributed by atoms with Gasteiger partial charge >= 0.3 is 0 Å². The van der Waals surface area contributed by atoms with Crippen molar-refractivity contribution in [2.24, 2.45) is 0 Å². The van der Waals surface area contributed by atoms with Gasteiger partial charge in [-0.3, -0.25) is 4.79 Å². The molecule has 5 heteroatoms. The minimum Gasteiger partial charge on any atom is -0.497 e. The van der Waals surface area contributed by atoms with Gasteiger partial charge in [0.15, 0.2) is 5.78 Å². The molecule has 2 aromatic rings. The second-order valence-corrected chi connectivity index (χ2v) is 10.6. The van der Waals surface area contributed by atoms with E-state index in [0.29, 0.717) is 12.4 Å². The van der Waals surface area contributed by atoms with Crippen LogP contribution in [0.5, 0.6) is 11.5 Å². The predicted octanol–water partition coefficient (Wildman–Crippen LogP) is 6.27. The lowest BCUT2D eigenvalue weighted by atomic mass is 9.79. The van der Waals surface area contributed by atoms with E-state index in [2.05, 4.69) is 58.6 Å². The third kappa shape index (κ3) is 7.16. The lowest BCUT2D eigenvalue weighted by Gasteiger charge is -2.29.